The summed E-state index contributed by atoms with van der Waals surface area (Å²) in [6.07, 6.45) is 0. The molecular formula is C16H14F2N2. The first-order chi connectivity index (χ1) is 9.58. The minimum atomic E-state index is -0.569. The van der Waals surface area contributed by atoms with Crippen molar-refractivity contribution in [1.29, 1.82) is 5.26 Å². The van der Waals surface area contributed by atoms with E-state index in [1.807, 2.05) is 24.1 Å². The Labute approximate surface area is 116 Å². The van der Waals surface area contributed by atoms with Gasteiger partial charge in [0.25, 0.3) is 0 Å². The van der Waals surface area contributed by atoms with Gasteiger partial charge in [-0.1, -0.05) is 18.2 Å². The summed E-state index contributed by atoms with van der Waals surface area (Å²) < 4.78 is 26.4. The molecule has 0 atom stereocenters. The lowest BCUT2D eigenvalue weighted by Crippen LogP contribution is -2.18. The van der Waals surface area contributed by atoms with E-state index in [-0.39, 0.29) is 0 Å². The van der Waals surface area contributed by atoms with Crippen LogP contribution in [0.1, 0.15) is 16.7 Å². The second kappa shape index (κ2) is 6.27. The Hall–Kier alpha value is -2.25. The van der Waals surface area contributed by atoms with Crippen LogP contribution >= 0.6 is 0 Å². The third-order valence-corrected chi connectivity index (χ3v) is 2.99. The summed E-state index contributed by atoms with van der Waals surface area (Å²) in [7, 11) is 1.86. The molecule has 2 aromatic carbocycles. The molecule has 0 N–H and O–H groups in total. The van der Waals surface area contributed by atoms with Crippen LogP contribution < -0.4 is 0 Å². The smallest absolute Gasteiger partial charge is 0.130 e. The van der Waals surface area contributed by atoms with Gasteiger partial charge in [-0.25, -0.2) is 8.78 Å². The fraction of sp³-hybridized carbons (Fsp3) is 0.188. The Morgan fingerprint density at radius 2 is 1.75 bits per heavy atom. The minimum absolute atomic E-state index is 0.395. The fourth-order valence-corrected chi connectivity index (χ4v) is 1.99. The Balaban J connectivity index is 2.01. The molecule has 0 unspecified atom stereocenters. The van der Waals surface area contributed by atoms with Gasteiger partial charge in [0.15, 0.2) is 0 Å². The third kappa shape index (κ3) is 3.62. The molecule has 2 aromatic rings. The molecule has 0 amide bonds. The summed E-state index contributed by atoms with van der Waals surface area (Å²) in [5.74, 6) is -1.10. The topological polar surface area (TPSA) is 27.0 Å². The maximum atomic E-state index is 13.5. The number of halogens is 2. The molecule has 0 aliphatic heterocycles. The third-order valence-electron chi connectivity index (χ3n) is 2.99. The van der Waals surface area contributed by atoms with Crippen LogP contribution in [0.2, 0.25) is 0 Å². The molecule has 0 bridgehead atoms. The van der Waals surface area contributed by atoms with Crippen molar-refractivity contribution in [3.63, 3.8) is 0 Å². The Morgan fingerprint density at radius 1 is 1.05 bits per heavy atom. The van der Waals surface area contributed by atoms with Crippen LogP contribution in [0, 0.1) is 23.0 Å². The average molecular weight is 272 g/mol. The van der Waals surface area contributed by atoms with Gasteiger partial charge in [-0.05, 0) is 30.8 Å². The van der Waals surface area contributed by atoms with Crippen LogP contribution in [-0.4, -0.2) is 11.9 Å². The molecule has 2 nitrogen and oxygen atoms in total. The van der Waals surface area contributed by atoms with Gasteiger partial charge < -0.3 is 0 Å². The molecular weight excluding hydrogens is 258 g/mol. The molecule has 0 fully saturated rings. The first-order valence-corrected chi connectivity index (χ1v) is 6.20. The standard InChI is InChI=1S/C16H14F2N2/c1-20(10-13-4-2-12(9-19)3-5-13)11-14-6-7-15(17)8-16(14)18/h2-8H,10-11H2,1H3. The van der Waals surface area contributed by atoms with E-state index in [9.17, 15) is 8.78 Å². The van der Waals surface area contributed by atoms with Crippen molar-refractivity contribution in [3.05, 3.63) is 70.8 Å². The lowest BCUT2D eigenvalue weighted by molar-refractivity contribution is 0.313. The Bertz CT molecular complexity index is 630. The number of nitrogens with zero attached hydrogens (tertiary/aromatic N) is 2. The van der Waals surface area contributed by atoms with Crippen molar-refractivity contribution in [2.24, 2.45) is 0 Å². The van der Waals surface area contributed by atoms with Crippen LogP contribution in [-0.2, 0) is 13.1 Å². The summed E-state index contributed by atoms with van der Waals surface area (Å²) in [4.78, 5) is 1.93. The van der Waals surface area contributed by atoms with Crippen LogP contribution in [0.15, 0.2) is 42.5 Å². The SMILES string of the molecule is CN(Cc1ccc(C#N)cc1)Cc1ccc(F)cc1F. The fourth-order valence-electron chi connectivity index (χ4n) is 1.99. The predicted molar refractivity (Wildman–Crippen MR) is 72.7 cm³/mol. The highest BCUT2D eigenvalue weighted by Crippen LogP contribution is 2.13. The normalized spacial score (nSPS) is 10.6. The van der Waals surface area contributed by atoms with Crippen molar-refractivity contribution in [2.75, 3.05) is 7.05 Å². The molecule has 2 rings (SSSR count). The van der Waals surface area contributed by atoms with Gasteiger partial charge in [0.2, 0.25) is 0 Å². The summed E-state index contributed by atoms with van der Waals surface area (Å²) in [6.45, 7) is 1.02. The van der Waals surface area contributed by atoms with E-state index in [0.717, 1.165) is 11.6 Å². The van der Waals surface area contributed by atoms with E-state index < -0.39 is 11.6 Å². The zero-order valence-corrected chi connectivity index (χ0v) is 11.1. The molecule has 0 spiro atoms. The van der Waals surface area contributed by atoms with Gasteiger partial charge in [-0.15, -0.1) is 0 Å². The highest BCUT2D eigenvalue weighted by Gasteiger charge is 2.07. The van der Waals surface area contributed by atoms with Gasteiger partial charge >= 0.3 is 0 Å². The molecule has 0 aromatic heterocycles. The van der Waals surface area contributed by atoms with Crippen molar-refractivity contribution in [2.45, 2.75) is 13.1 Å². The minimum Gasteiger partial charge on any atom is -0.298 e. The van der Waals surface area contributed by atoms with Crippen LogP contribution in [0.3, 0.4) is 0 Å². The molecule has 102 valence electrons. The zero-order chi connectivity index (χ0) is 14.5. The van der Waals surface area contributed by atoms with Gasteiger partial charge in [-0.2, -0.15) is 5.26 Å². The van der Waals surface area contributed by atoms with Gasteiger partial charge in [0.1, 0.15) is 11.6 Å². The molecule has 20 heavy (non-hydrogen) atoms. The summed E-state index contributed by atoms with van der Waals surface area (Å²) >= 11 is 0. The summed E-state index contributed by atoms with van der Waals surface area (Å²) in [5.41, 5.74) is 2.11. The van der Waals surface area contributed by atoms with Crippen molar-refractivity contribution >= 4 is 0 Å². The van der Waals surface area contributed by atoms with E-state index in [2.05, 4.69) is 6.07 Å². The highest BCUT2D eigenvalue weighted by atomic mass is 19.1. The Morgan fingerprint density at radius 3 is 2.35 bits per heavy atom. The molecule has 0 heterocycles. The van der Waals surface area contributed by atoms with E-state index in [0.29, 0.717) is 24.2 Å². The summed E-state index contributed by atoms with van der Waals surface area (Å²) in [5, 5.41) is 8.73. The van der Waals surface area contributed by atoms with Crippen molar-refractivity contribution < 1.29 is 8.78 Å². The number of nitriles is 1. The number of rotatable bonds is 4. The second-order valence-corrected chi connectivity index (χ2v) is 4.72. The first kappa shape index (κ1) is 14.2. The summed E-state index contributed by atoms with van der Waals surface area (Å²) in [6, 6.07) is 12.9. The molecule has 4 heteroatoms. The van der Waals surface area contributed by atoms with Crippen LogP contribution in [0.4, 0.5) is 8.78 Å². The van der Waals surface area contributed by atoms with Crippen molar-refractivity contribution in [1.82, 2.24) is 4.90 Å². The monoisotopic (exact) mass is 272 g/mol. The lowest BCUT2D eigenvalue weighted by atomic mass is 10.1. The van der Waals surface area contributed by atoms with E-state index in [4.69, 9.17) is 5.26 Å². The number of hydrogen-bond donors (Lipinski definition) is 0. The van der Waals surface area contributed by atoms with Gasteiger partial charge in [-0.3, -0.25) is 4.90 Å². The maximum Gasteiger partial charge on any atom is 0.130 e. The maximum absolute atomic E-state index is 13.5. The van der Waals surface area contributed by atoms with E-state index in [1.54, 1.807) is 12.1 Å². The predicted octanol–water partition coefficient (Wildman–Crippen LogP) is 3.47. The van der Waals surface area contributed by atoms with Crippen LogP contribution in [0.25, 0.3) is 0 Å². The van der Waals surface area contributed by atoms with E-state index >= 15 is 0 Å². The zero-order valence-electron chi connectivity index (χ0n) is 11.1. The lowest BCUT2D eigenvalue weighted by Gasteiger charge is -2.17. The molecule has 0 saturated carbocycles. The van der Waals surface area contributed by atoms with E-state index in [1.165, 1.54) is 12.1 Å². The van der Waals surface area contributed by atoms with Gasteiger partial charge in [0, 0.05) is 24.7 Å². The molecule has 0 radical (unpaired) electrons. The highest BCUT2D eigenvalue weighted by molar-refractivity contribution is 5.31. The number of benzene rings is 2. The van der Waals surface area contributed by atoms with Crippen LogP contribution in [0.5, 0.6) is 0 Å². The Kier molecular flexibility index (Phi) is 4.44. The second-order valence-electron chi connectivity index (χ2n) is 4.72. The molecule has 0 aliphatic rings. The quantitative estimate of drug-likeness (QED) is 0.852. The number of hydrogen-bond acceptors (Lipinski definition) is 2. The molecule has 0 aliphatic carbocycles. The van der Waals surface area contributed by atoms with Crippen molar-refractivity contribution in [3.8, 4) is 6.07 Å². The molecule has 0 saturated heterocycles. The largest absolute Gasteiger partial charge is 0.298 e. The first-order valence-electron chi connectivity index (χ1n) is 6.20. The average Bonchev–Trinajstić information content (AvgIpc) is 2.43. The van der Waals surface area contributed by atoms with Gasteiger partial charge in [0.05, 0.1) is 11.6 Å².